The lowest BCUT2D eigenvalue weighted by Gasteiger charge is -2.10. The van der Waals surface area contributed by atoms with Crippen LogP contribution in [-0.4, -0.2) is 4.98 Å². The monoisotopic (exact) mass is 493 g/mol. The topological polar surface area (TPSA) is 12.9 Å². The number of fused-ring (bicyclic) bond motifs is 8. The first kappa shape index (κ1) is 20.2. The molecule has 0 saturated heterocycles. The molecule has 0 spiro atoms. The summed E-state index contributed by atoms with van der Waals surface area (Å²) in [5.74, 6) is 0. The summed E-state index contributed by atoms with van der Waals surface area (Å²) >= 11 is 3.64. The predicted molar refractivity (Wildman–Crippen MR) is 158 cm³/mol. The molecule has 0 aliphatic carbocycles. The molecule has 0 atom stereocenters. The number of thiophene rings is 2. The minimum Gasteiger partial charge on any atom is -0.236 e. The van der Waals surface area contributed by atoms with Gasteiger partial charge in [0.2, 0.25) is 0 Å². The molecular weight excluding hydrogens is 475 g/mol. The quantitative estimate of drug-likeness (QED) is 0.233. The van der Waals surface area contributed by atoms with Crippen molar-refractivity contribution >= 4 is 73.9 Å². The minimum absolute atomic E-state index is 1.05. The van der Waals surface area contributed by atoms with Gasteiger partial charge in [-0.25, -0.2) is 4.98 Å². The zero-order valence-electron chi connectivity index (χ0n) is 19.2. The van der Waals surface area contributed by atoms with Crippen LogP contribution in [0, 0.1) is 0 Å². The Hall–Kier alpha value is -4.05. The van der Waals surface area contributed by atoms with Gasteiger partial charge in [-0.3, -0.25) is 0 Å². The number of hydrogen-bond donors (Lipinski definition) is 0. The van der Waals surface area contributed by atoms with Crippen LogP contribution in [-0.2, 0) is 0 Å². The third-order valence-corrected chi connectivity index (χ3v) is 9.30. The average molecular weight is 494 g/mol. The molecule has 168 valence electrons. The Labute approximate surface area is 215 Å². The number of benzene rings is 5. The highest BCUT2D eigenvalue weighted by atomic mass is 32.1. The molecule has 0 N–H and O–H groups in total. The van der Waals surface area contributed by atoms with Crippen LogP contribution in [0.3, 0.4) is 0 Å². The standard InChI is InChI=1S/C33H19NS2/c1-2-12-25-24(11-1)31-26-13-4-6-15-29(26)36-33(31)34-32(25)22-9-7-8-20(18-22)21-16-17-30-27(19-21)23-10-3-5-14-28(23)35-30/h1-19H. The fraction of sp³-hybridized carbons (Fsp3) is 0. The van der Waals surface area contributed by atoms with Crippen molar-refractivity contribution in [1.29, 1.82) is 0 Å². The van der Waals surface area contributed by atoms with Crippen molar-refractivity contribution < 1.29 is 0 Å². The summed E-state index contributed by atoms with van der Waals surface area (Å²) in [7, 11) is 0. The molecule has 1 nitrogen and oxygen atoms in total. The van der Waals surface area contributed by atoms with Gasteiger partial charge in [-0.05, 0) is 46.8 Å². The number of hydrogen-bond acceptors (Lipinski definition) is 3. The Kier molecular flexibility index (Phi) is 4.33. The van der Waals surface area contributed by atoms with Crippen molar-refractivity contribution in [2.24, 2.45) is 0 Å². The van der Waals surface area contributed by atoms with Gasteiger partial charge in [0, 0.05) is 46.6 Å². The summed E-state index contributed by atoms with van der Waals surface area (Å²) in [4.78, 5) is 6.35. The molecule has 3 heteroatoms. The molecule has 0 fully saturated rings. The summed E-state index contributed by atoms with van der Waals surface area (Å²) in [5, 5.41) is 7.68. The first-order valence-corrected chi connectivity index (χ1v) is 13.7. The third-order valence-electron chi connectivity index (χ3n) is 7.09. The second kappa shape index (κ2) is 7.72. The van der Waals surface area contributed by atoms with Gasteiger partial charge >= 0.3 is 0 Å². The number of aromatic nitrogens is 1. The van der Waals surface area contributed by atoms with E-state index < -0.39 is 0 Å². The lowest BCUT2D eigenvalue weighted by atomic mass is 9.97. The molecule has 0 amide bonds. The Balaban J connectivity index is 1.35. The van der Waals surface area contributed by atoms with Gasteiger partial charge < -0.3 is 0 Å². The fourth-order valence-corrected chi connectivity index (χ4v) is 7.59. The van der Waals surface area contributed by atoms with E-state index in [1.54, 1.807) is 11.3 Å². The molecular formula is C33H19NS2. The smallest absolute Gasteiger partial charge is 0.125 e. The lowest BCUT2D eigenvalue weighted by Crippen LogP contribution is -1.88. The van der Waals surface area contributed by atoms with Crippen LogP contribution in [0.25, 0.3) is 73.6 Å². The van der Waals surface area contributed by atoms with Crippen LogP contribution in [0.5, 0.6) is 0 Å². The third kappa shape index (κ3) is 2.97. The predicted octanol–water partition coefficient (Wildman–Crippen LogP) is 10.3. The molecule has 0 unspecified atom stereocenters. The molecule has 0 aliphatic rings. The van der Waals surface area contributed by atoms with E-state index in [2.05, 4.69) is 115 Å². The second-order valence-corrected chi connectivity index (χ2v) is 11.3. The maximum absolute atomic E-state index is 5.25. The van der Waals surface area contributed by atoms with Crippen LogP contribution in [0.2, 0.25) is 0 Å². The molecule has 0 saturated carbocycles. The van der Waals surface area contributed by atoms with Crippen molar-refractivity contribution in [3.63, 3.8) is 0 Å². The molecule has 0 radical (unpaired) electrons. The van der Waals surface area contributed by atoms with Gasteiger partial charge in [0.25, 0.3) is 0 Å². The molecule has 3 aromatic heterocycles. The van der Waals surface area contributed by atoms with E-state index in [-0.39, 0.29) is 0 Å². The van der Waals surface area contributed by atoms with Crippen molar-refractivity contribution in [2.75, 3.05) is 0 Å². The van der Waals surface area contributed by atoms with E-state index in [0.717, 1.165) is 16.1 Å². The average Bonchev–Trinajstić information content (AvgIpc) is 3.50. The van der Waals surface area contributed by atoms with Gasteiger partial charge in [-0.1, -0.05) is 84.9 Å². The molecule has 3 heterocycles. The molecule has 0 aliphatic heterocycles. The molecule has 8 rings (SSSR count). The lowest BCUT2D eigenvalue weighted by molar-refractivity contribution is 1.45. The first-order valence-electron chi connectivity index (χ1n) is 12.1. The minimum atomic E-state index is 1.05. The molecule has 0 bridgehead atoms. The first-order chi connectivity index (χ1) is 17.8. The van der Waals surface area contributed by atoms with Gasteiger partial charge in [0.15, 0.2) is 0 Å². The van der Waals surface area contributed by atoms with Crippen LogP contribution >= 0.6 is 22.7 Å². The van der Waals surface area contributed by atoms with E-state index >= 15 is 0 Å². The van der Waals surface area contributed by atoms with E-state index in [0.29, 0.717) is 0 Å². The maximum atomic E-state index is 5.25. The summed E-state index contributed by atoms with van der Waals surface area (Å²) in [6.07, 6.45) is 0. The number of pyridine rings is 1. The highest BCUT2D eigenvalue weighted by Gasteiger charge is 2.15. The number of rotatable bonds is 2. The van der Waals surface area contributed by atoms with Gasteiger partial charge in [-0.15, -0.1) is 22.7 Å². The largest absolute Gasteiger partial charge is 0.236 e. The highest BCUT2D eigenvalue weighted by Crippen LogP contribution is 2.41. The summed E-state index contributed by atoms with van der Waals surface area (Å²) in [5.41, 5.74) is 4.65. The fourth-order valence-electron chi connectivity index (χ4n) is 5.41. The van der Waals surface area contributed by atoms with Crippen molar-refractivity contribution in [1.82, 2.24) is 4.98 Å². The van der Waals surface area contributed by atoms with E-state index in [1.165, 1.54) is 57.5 Å². The SMILES string of the molecule is c1cc(-c2ccc3sc4ccccc4c3c2)cc(-c2nc3sc4ccccc4c3c3ccccc23)c1. The Bertz CT molecular complexity index is 2110. The van der Waals surface area contributed by atoms with Gasteiger partial charge in [0.05, 0.1) is 5.69 Å². The van der Waals surface area contributed by atoms with Gasteiger partial charge in [0.1, 0.15) is 4.83 Å². The van der Waals surface area contributed by atoms with Crippen molar-refractivity contribution in [3.05, 3.63) is 115 Å². The van der Waals surface area contributed by atoms with E-state index in [4.69, 9.17) is 4.98 Å². The van der Waals surface area contributed by atoms with E-state index in [9.17, 15) is 0 Å². The summed E-state index contributed by atoms with van der Waals surface area (Å²) in [6.45, 7) is 0. The Morgan fingerprint density at radius 2 is 1.06 bits per heavy atom. The van der Waals surface area contributed by atoms with Gasteiger partial charge in [-0.2, -0.15) is 0 Å². The molecule has 5 aromatic carbocycles. The maximum Gasteiger partial charge on any atom is 0.125 e. The van der Waals surface area contributed by atoms with Crippen LogP contribution in [0.1, 0.15) is 0 Å². The van der Waals surface area contributed by atoms with Crippen molar-refractivity contribution in [2.45, 2.75) is 0 Å². The Morgan fingerprint density at radius 3 is 1.92 bits per heavy atom. The van der Waals surface area contributed by atoms with Crippen LogP contribution < -0.4 is 0 Å². The Morgan fingerprint density at radius 1 is 0.417 bits per heavy atom. The zero-order valence-corrected chi connectivity index (χ0v) is 20.9. The molecule has 8 aromatic rings. The van der Waals surface area contributed by atoms with Crippen LogP contribution in [0.15, 0.2) is 115 Å². The van der Waals surface area contributed by atoms with Crippen molar-refractivity contribution in [3.8, 4) is 22.4 Å². The van der Waals surface area contributed by atoms with E-state index in [1.807, 2.05) is 11.3 Å². The zero-order chi connectivity index (χ0) is 23.6. The summed E-state index contributed by atoms with van der Waals surface area (Å²) in [6, 6.07) is 41.7. The van der Waals surface area contributed by atoms with Crippen LogP contribution in [0.4, 0.5) is 0 Å². The second-order valence-electron chi connectivity index (χ2n) is 9.17. The number of nitrogens with zero attached hydrogens (tertiary/aromatic N) is 1. The summed E-state index contributed by atoms with van der Waals surface area (Å²) < 4.78 is 3.96. The molecule has 36 heavy (non-hydrogen) atoms. The normalized spacial score (nSPS) is 11.9. The highest BCUT2D eigenvalue weighted by molar-refractivity contribution is 7.26.